The number of benzene rings is 1. The van der Waals surface area contributed by atoms with Crippen LogP contribution in [0.15, 0.2) is 23.2 Å². The summed E-state index contributed by atoms with van der Waals surface area (Å²) >= 11 is 0. The van der Waals surface area contributed by atoms with Gasteiger partial charge in [0.05, 0.1) is 17.5 Å². The number of aromatic amines is 1. The van der Waals surface area contributed by atoms with Gasteiger partial charge in [-0.2, -0.15) is 5.10 Å². The lowest BCUT2D eigenvalue weighted by molar-refractivity contribution is -0.128. The van der Waals surface area contributed by atoms with E-state index in [0.29, 0.717) is 6.42 Å². The number of amides is 1. The Hall–Kier alpha value is -2.37. The topological polar surface area (TPSA) is 87.4 Å². The summed E-state index contributed by atoms with van der Waals surface area (Å²) < 4.78 is 0. The molecule has 1 aromatic heterocycles. The first kappa shape index (κ1) is 17.5. The smallest absolute Gasteiger partial charge is 0.231 e. The molecule has 0 saturated heterocycles. The molecule has 6 heteroatoms. The molecular weight excluding hydrogens is 314 g/mol. The molecule has 0 spiro atoms. The summed E-state index contributed by atoms with van der Waals surface area (Å²) in [5, 5.41) is 8.70. The number of unbranched alkanes of at least 4 members (excludes halogenated alkanes) is 3. The Labute approximate surface area is 148 Å². The zero-order valence-corrected chi connectivity index (χ0v) is 15.3. The maximum Gasteiger partial charge on any atom is 0.231 e. The third-order valence-corrected chi connectivity index (χ3v) is 5.11. The first-order chi connectivity index (χ1) is 11.9. The zero-order chi connectivity index (χ0) is 18.0. The minimum atomic E-state index is -0.626. The van der Waals surface area contributed by atoms with Crippen molar-refractivity contribution in [3.05, 3.63) is 29.5 Å². The lowest BCUT2D eigenvalue weighted by Gasteiger charge is -2.33. The molecule has 0 fully saturated rings. The third-order valence-electron chi connectivity index (χ3n) is 5.11. The average Bonchev–Trinajstić information content (AvgIpc) is 2.99. The molecule has 25 heavy (non-hydrogen) atoms. The fourth-order valence-corrected chi connectivity index (χ4v) is 3.39. The van der Waals surface area contributed by atoms with Crippen LogP contribution in [0.25, 0.3) is 10.9 Å². The Balaban J connectivity index is 1.91. The van der Waals surface area contributed by atoms with E-state index in [9.17, 15) is 4.79 Å². The predicted molar refractivity (Wildman–Crippen MR) is 100 cm³/mol. The highest BCUT2D eigenvalue weighted by Crippen LogP contribution is 2.34. The van der Waals surface area contributed by atoms with Crippen LogP contribution in [0.1, 0.15) is 57.2 Å². The van der Waals surface area contributed by atoms with Gasteiger partial charge in [-0.3, -0.25) is 14.8 Å². The fraction of sp³-hybridized carbons (Fsp3) is 0.526. The van der Waals surface area contributed by atoms with Crippen molar-refractivity contribution in [3.63, 3.8) is 0 Å². The molecule has 3 rings (SSSR count). The molecule has 0 aliphatic carbocycles. The third kappa shape index (κ3) is 3.38. The minimum absolute atomic E-state index is 0.0120. The van der Waals surface area contributed by atoms with Crippen LogP contribution >= 0.6 is 0 Å². The van der Waals surface area contributed by atoms with Gasteiger partial charge in [0.25, 0.3) is 0 Å². The van der Waals surface area contributed by atoms with E-state index in [-0.39, 0.29) is 11.9 Å². The van der Waals surface area contributed by atoms with Crippen molar-refractivity contribution in [2.75, 3.05) is 7.05 Å². The van der Waals surface area contributed by atoms with Gasteiger partial charge < -0.3 is 5.73 Å². The van der Waals surface area contributed by atoms with Crippen LogP contribution < -0.4 is 5.73 Å². The Morgan fingerprint density at radius 3 is 2.84 bits per heavy atom. The summed E-state index contributed by atoms with van der Waals surface area (Å²) in [6.07, 6.45) is 6.19. The van der Waals surface area contributed by atoms with Gasteiger partial charge >= 0.3 is 0 Å². The molecule has 1 atom stereocenters. The van der Waals surface area contributed by atoms with Crippen molar-refractivity contribution in [3.8, 4) is 0 Å². The molecule has 134 valence electrons. The van der Waals surface area contributed by atoms with Crippen molar-refractivity contribution in [1.82, 2.24) is 15.1 Å². The van der Waals surface area contributed by atoms with Gasteiger partial charge in [-0.15, -0.1) is 0 Å². The van der Waals surface area contributed by atoms with Crippen molar-refractivity contribution in [1.29, 1.82) is 0 Å². The SMILES string of the molecule is CCCCCCc1[nH]nc2ccc([C@]3(C)CC(=O)N(C)C(N)=N3)cc12. The van der Waals surface area contributed by atoms with E-state index in [0.717, 1.165) is 35.0 Å². The number of hydrogen-bond acceptors (Lipinski definition) is 4. The van der Waals surface area contributed by atoms with E-state index in [4.69, 9.17) is 5.73 Å². The van der Waals surface area contributed by atoms with Crippen LogP contribution in [0.3, 0.4) is 0 Å². The van der Waals surface area contributed by atoms with Crippen molar-refractivity contribution >= 4 is 22.8 Å². The number of aromatic nitrogens is 2. The molecular formula is C19H27N5O. The maximum atomic E-state index is 12.2. The van der Waals surface area contributed by atoms with Crippen LogP contribution in [0.5, 0.6) is 0 Å². The van der Waals surface area contributed by atoms with E-state index in [1.54, 1.807) is 7.05 Å². The highest BCUT2D eigenvalue weighted by molar-refractivity contribution is 5.99. The lowest BCUT2D eigenvalue weighted by atomic mass is 9.86. The molecule has 1 aromatic carbocycles. The number of guanidine groups is 1. The van der Waals surface area contributed by atoms with Gasteiger partial charge in [-0.05, 0) is 37.5 Å². The Bertz CT molecular complexity index is 809. The maximum absolute atomic E-state index is 12.2. The molecule has 0 unspecified atom stereocenters. The first-order valence-electron chi connectivity index (χ1n) is 9.04. The molecule has 0 saturated carbocycles. The molecule has 6 nitrogen and oxygen atoms in total. The van der Waals surface area contributed by atoms with Gasteiger partial charge in [0.1, 0.15) is 0 Å². The average molecular weight is 341 g/mol. The largest absolute Gasteiger partial charge is 0.369 e. The minimum Gasteiger partial charge on any atom is -0.369 e. The van der Waals surface area contributed by atoms with E-state index in [2.05, 4.69) is 28.2 Å². The molecule has 3 N–H and O–H groups in total. The second-order valence-electron chi connectivity index (χ2n) is 7.12. The van der Waals surface area contributed by atoms with Crippen molar-refractivity contribution < 1.29 is 4.79 Å². The number of H-pyrrole nitrogens is 1. The van der Waals surface area contributed by atoms with E-state index in [1.165, 1.54) is 24.2 Å². The first-order valence-corrected chi connectivity index (χ1v) is 9.04. The van der Waals surface area contributed by atoms with Gasteiger partial charge in [-0.25, -0.2) is 4.99 Å². The second kappa shape index (κ2) is 6.86. The Kier molecular flexibility index (Phi) is 4.79. The second-order valence-corrected chi connectivity index (χ2v) is 7.12. The molecule has 2 aromatic rings. The van der Waals surface area contributed by atoms with Gasteiger partial charge in [0.15, 0.2) is 5.96 Å². The number of hydrogen-bond donors (Lipinski definition) is 2. The van der Waals surface area contributed by atoms with Gasteiger partial charge in [0, 0.05) is 18.1 Å². The summed E-state index contributed by atoms with van der Waals surface area (Å²) in [4.78, 5) is 18.2. The van der Waals surface area contributed by atoms with Crippen LogP contribution in [0.4, 0.5) is 0 Å². The van der Waals surface area contributed by atoms with E-state index in [1.807, 2.05) is 19.1 Å². The number of carbonyl (C=O) groups is 1. The van der Waals surface area contributed by atoms with Gasteiger partial charge in [-0.1, -0.05) is 32.3 Å². The monoisotopic (exact) mass is 341 g/mol. The molecule has 1 aliphatic heterocycles. The summed E-state index contributed by atoms with van der Waals surface area (Å²) in [5.74, 6) is 0.257. The number of nitrogens with zero attached hydrogens (tertiary/aromatic N) is 3. The fourth-order valence-electron chi connectivity index (χ4n) is 3.39. The Morgan fingerprint density at radius 2 is 2.12 bits per heavy atom. The molecule has 1 aliphatic rings. The number of carbonyl (C=O) groups excluding carboxylic acids is 1. The summed E-state index contributed by atoms with van der Waals surface area (Å²) in [6.45, 7) is 4.18. The quantitative estimate of drug-likeness (QED) is 0.792. The van der Waals surface area contributed by atoms with Crippen LogP contribution in [0.2, 0.25) is 0 Å². The number of aryl methyl sites for hydroxylation is 1. The molecule has 2 heterocycles. The number of rotatable bonds is 6. The lowest BCUT2D eigenvalue weighted by Crippen LogP contribution is -2.47. The number of aliphatic imine (C=N–C) groups is 1. The van der Waals surface area contributed by atoms with E-state index >= 15 is 0 Å². The van der Waals surface area contributed by atoms with Crippen molar-refractivity contribution in [2.24, 2.45) is 10.7 Å². The summed E-state index contributed by atoms with van der Waals surface area (Å²) in [5.41, 5.74) is 8.42. The number of nitrogens with one attached hydrogen (secondary N) is 1. The van der Waals surface area contributed by atoms with Gasteiger partial charge in [0.2, 0.25) is 5.91 Å². The summed E-state index contributed by atoms with van der Waals surface area (Å²) in [7, 11) is 1.66. The van der Waals surface area contributed by atoms with Crippen molar-refractivity contribution in [2.45, 2.75) is 57.9 Å². The Morgan fingerprint density at radius 1 is 1.32 bits per heavy atom. The molecule has 0 radical (unpaired) electrons. The number of fused-ring (bicyclic) bond motifs is 1. The zero-order valence-electron chi connectivity index (χ0n) is 15.3. The molecule has 0 bridgehead atoms. The van der Waals surface area contributed by atoms with Crippen LogP contribution in [-0.4, -0.2) is 34.0 Å². The number of nitrogens with two attached hydrogens (primary N) is 1. The van der Waals surface area contributed by atoms with Crippen LogP contribution in [-0.2, 0) is 16.8 Å². The molecule has 1 amide bonds. The van der Waals surface area contributed by atoms with E-state index < -0.39 is 5.54 Å². The standard InChI is InChI=1S/C19H27N5O/c1-4-5-6-7-8-15-14-11-13(9-10-16(14)23-22-15)19(2)12-17(25)24(3)18(20)21-19/h9-11H,4-8,12H2,1-3H3,(H2,20,21)(H,22,23)/t19-/m0/s1. The summed E-state index contributed by atoms with van der Waals surface area (Å²) in [6, 6.07) is 6.11. The highest BCUT2D eigenvalue weighted by Gasteiger charge is 2.36. The van der Waals surface area contributed by atoms with Crippen LogP contribution in [0, 0.1) is 0 Å². The predicted octanol–water partition coefficient (Wildman–Crippen LogP) is 3.08. The highest BCUT2D eigenvalue weighted by atomic mass is 16.2. The normalized spacial score (nSPS) is 21.0.